The van der Waals surface area contributed by atoms with Gasteiger partial charge in [-0.25, -0.2) is 9.79 Å². The summed E-state index contributed by atoms with van der Waals surface area (Å²) < 4.78 is 0. The van der Waals surface area contributed by atoms with Crippen molar-refractivity contribution < 1.29 is 4.79 Å². The Bertz CT molecular complexity index is 152. The highest BCUT2D eigenvalue weighted by Crippen LogP contribution is 1.98. The van der Waals surface area contributed by atoms with Crippen LogP contribution in [-0.4, -0.2) is 30.2 Å². The molecule has 1 rings (SSSR count). The average Bonchev–Trinajstić information content (AvgIpc) is 2.16. The zero-order valence-corrected chi connectivity index (χ0v) is 7.01. The van der Waals surface area contributed by atoms with Gasteiger partial charge in [0, 0.05) is 12.8 Å². The van der Waals surface area contributed by atoms with E-state index in [0.29, 0.717) is 6.54 Å². The first-order valence-electron chi connectivity index (χ1n) is 3.49. The molecule has 0 radical (unpaired) electrons. The third-order valence-corrected chi connectivity index (χ3v) is 1.08. The Morgan fingerprint density at radius 1 is 1.50 bits per heavy atom. The van der Waals surface area contributed by atoms with Crippen molar-refractivity contribution in [3.8, 4) is 0 Å². The Labute approximate surface area is 61.7 Å². The van der Waals surface area contributed by atoms with Gasteiger partial charge in [-0.15, -0.1) is 0 Å². The van der Waals surface area contributed by atoms with Crippen molar-refractivity contribution in [2.75, 3.05) is 13.6 Å². The molecule has 1 aliphatic rings. The van der Waals surface area contributed by atoms with E-state index in [4.69, 9.17) is 0 Å². The van der Waals surface area contributed by atoms with E-state index >= 15 is 0 Å². The fraction of sp³-hybridized carbons (Fsp3) is 0.714. The van der Waals surface area contributed by atoms with Crippen LogP contribution in [0.3, 0.4) is 0 Å². The topological polar surface area (TPSA) is 32.7 Å². The first kappa shape index (κ1) is 9.14. The third kappa shape index (κ3) is 2.17. The van der Waals surface area contributed by atoms with Crippen LogP contribution in [0.4, 0.5) is 4.79 Å². The molecule has 0 aromatic carbocycles. The SMILES string of the molecule is CC.CC1=NC(=O)N(C)C1. The summed E-state index contributed by atoms with van der Waals surface area (Å²) in [5, 5.41) is 0. The van der Waals surface area contributed by atoms with E-state index in [1.165, 1.54) is 0 Å². The number of aliphatic imine (C=N–C) groups is 1. The van der Waals surface area contributed by atoms with Crippen molar-refractivity contribution in [1.29, 1.82) is 0 Å². The van der Waals surface area contributed by atoms with Crippen LogP contribution in [0.1, 0.15) is 20.8 Å². The fourth-order valence-corrected chi connectivity index (χ4v) is 0.695. The van der Waals surface area contributed by atoms with Crippen LogP contribution in [0.25, 0.3) is 0 Å². The highest BCUT2D eigenvalue weighted by atomic mass is 16.2. The molecule has 0 saturated heterocycles. The predicted molar refractivity (Wildman–Crippen MR) is 42.5 cm³/mol. The molecule has 0 fully saturated rings. The maximum absolute atomic E-state index is 10.5. The maximum Gasteiger partial charge on any atom is 0.343 e. The second kappa shape index (κ2) is 4.04. The number of rotatable bonds is 0. The summed E-state index contributed by atoms with van der Waals surface area (Å²) in [5.74, 6) is 0. The van der Waals surface area contributed by atoms with Crippen molar-refractivity contribution in [2.45, 2.75) is 20.8 Å². The van der Waals surface area contributed by atoms with Gasteiger partial charge in [0.1, 0.15) is 0 Å². The van der Waals surface area contributed by atoms with E-state index in [0.717, 1.165) is 5.71 Å². The number of amides is 2. The number of carbonyl (C=O) groups excluding carboxylic acids is 1. The molecule has 10 heavy (non-hydrogen) atoms. The molecule has 0 saturated carbocycles. The maximum atomic E-state index is 10.5. The molecule has 0 aromatic heterocycles. The van der Waals surface area contributed by atoms with E-state index < -0.39 is 0 Å². The minimum atomic E-state index is -0.123. The van der Waals surface area contributed by atoms with Gasteiger partial charge in [-0.2, -0.15) is 0 Å². The lowest BCUT2D eigenvalue weighted by molar-refractivity contribution is 0.228. The standard InChI is InChI=1S/C5H8N2O.C2H6/c1-4-3-7(2)5(8)6-4;1-2/h3H2,1-2H3;1-2H3. The third-order valence-electron chi connectivity index (χ3n) is 1.08. The highest BCUT2D eigenvalue weighted by Gasteiger charge is 2.14. The minimum absolute atomic E-state index is 0.123. The van der Waals surface area contributed by atoms with Gasteiger partial charge in [0.15, 0.2) is 0 Å². The molecule has 3 nitrogen and oxygen atoms in total. The quantitative estimate of drug-likeness (QED) is 0.505. The lowest BCUT2D eigenvalue weighted by Gasteiger charge is -2.02. The van der Waals surface area contributed by atoms with Gasteiger partial charge >= 0.3 is 6.03 Å². The van der Waals surface area contributed by atoms with Crippen LogP contribution >= 0.6 is 0 Å². The molecule has 2 amide bonds. The molecular formula is C7H14N2O. The van der Waals surface area contributed by atoms with E-state index in [2.05, 4.69) is 4.99 Å². The Morgan fingerprint density at radius 2 is 2.00 bits per heavy atom. The second-order valence-corrected chi connectivity index (χ2v) is 1.99. The lowest BCUT2D eigenvalue weighted by atomic mass is 10.4. The second-order valence-electron chi connectivity index (χ2n) is 1.99. The van der Waals surface area contributed by atoms with Gasteiger partial charge in [-0.1, -0.05) is 13.8 Å². The van der Waals surface area contributed by atoms with E-state index in [-0.39, 0.29) is 6.03 Å². The van der Waals surface area contributed by atoms with Gasteiger partial charge in [0.25, 0.3) is 0 Å². The molecule has 0 spiro atoms. The normalized spacial score (nSPS) is 16.2. The largest absolute Gasteiger partial charge is 0.343 e. The molecule has 1 heterocycles. The zero-order valence-electron chi connectivity index (χ0n) is 7.01. The Hall–Kier alpha value is -0.860. The van der Waals surface area contributed by atoms with Gasteiger partial charge in [0.2, 0.25) is 0 Å². The first-order valence-corrected chi connectivity index (χ1v) is 3.49. The zero-order chi connectivity index (χ0) is 8.15. The van der Waals surface area contributed by atoms with Crippen molar-refractivity contribution in [3.63, 3.8) is 0 Å². The summed E-state index contributed by atoms with van der Waals surface area (Å²) >= 11 is 0. The Kier molecular flexibility index (Phi) is 3.69. The van der Waals surface area contributed by atoms with Gasteiger partial charge in [-0.05, 0) is 6.92 Å². The van der Waals surface area contributed by atoms with Crippen molar-refractivity contribution >= 4 is 11.7 Å². The average molecular weight is 142 g/mol. The van der Waals surface area contributed by atoms with E-state index in [1.54, 1.807) is 11.9 Å². The van der Waals surface area contributed by atoms with E-state index in [1.807, 2.05) is 20.8 Å². The van der Waals surface area contributed by atoms with Crippen LogP contribution in [0, 0.1) is 0 Å². The van der Waals surface area contributed by atoms with Gasteiger partial charge in [0.05, 0.1) is 6.54 Å². The van der Waals surface area contributed by atoms with Crippen LogP contribution in [-0.2, 0) is 0 Å². The fourth-order valence-electron chi connectivity index (χ4n) is 0.695. The number of urea groups is 1. The van der Waals surface area contributed by atoms with Crippen LogP contribution < -0.4 is 0 Å². The smallest absolute Gasteiger partial charge is 0.320 e. The molecular weight excluding hydrogens is 128 g/mol. The van der Waals surface area contributed by atoms with Crippen LogP contribution in [0.15, 0.2) is 4.99 Å². The summed E-state index contributed by atoms with van der Waals surface area (Å²) in [6.45, 7) is 6.54. The molecule has 0 unspecified atom stereocenters. The molecule has 58 valence electrons. The first-order chi connectivity index (χ1) is 4.70. The van der Waals surface area contributed by atoms with Crippen molar-refractivity contribution in [2.24, 2.45) is 4.99 Å². The number of nitrogens with zero attached hydrogens (tertiary/aromatic N) is 2. The number of hydrogen-bond acceptors (Lipinski definition) is 1. The van der Waals surface area contributed by atoms with Gasteiger partial charge in [-0.3, -0.25) is 0 Å². The lowest BCUT2D eigenvalue weighted by Crippen LogP contribution is -2.19. The summed E-state index contributed by atoms with van der Waals surface area (Å²) in [6, 6.07) is -0.123. The Balaban J connectivity index is 0.000000371. The van der Waals surface area contributed by atoms with Crippen molar-refractivity contribution in [3.05, 3.63) is 0 Å². The van der Waals surface area contributed by atoms with E-state index in [9.17, 15) is 4.79 Å². The predicted octanol–water partition coefficient (Wildman–Crippen LogP) is 1.54. The minimum Gasteiger partial charge on any atom is -0.320 e. The van der Waals surface area contributed by atoms with Gasteiger partial charge < -0.3 is 4.90 Å². The Morgan fingerprint density at radius 3 is 2.10 bits per heavy atom. The molecule has 1 aliphatic heterocycles. The van der Waals surface area contributed by atoms with Crippen LogP contribution in [0.2, 0.25) is 0 Å². The molecule has 0 aromatic rings. The summed E-state index contributed by atoms with van der Waals surface area (Å²) in [6.07, 6.45) is 0. The monoisotopic (exact) mass is 142 g/mol. The summed E-state index contributed by atoms with van der Waals surface area (Å²) in [7, 11) is 1.74. The summed E-state index contributed by atoms with van der Waals surface area (Å²) in [5.41, 5.74) is 0.900. The molecule has 0 N–H and O–H groups in total. The highest BCUT2D eigenvalue weighted by molar-refractivity contribution is 6.00. The molecule has 0 atom stereocenters. The van der Waals surface area contributed by atoms with Crippen LogP contribution in [0.5, 0.6) is 0 Å². The number of carbonyl (C=O) groups is 1. The summed E-state index contributed by atoms with van der Waals surface area (Å²) in [4.78, 5) is 15.8. The molecule has 3 heteroatoms. The number of hydrogen-bond donors (Lipinski definition) is 0. The van der Waals surface area contributed by atoms with Crippen molar-refractivity contribution in [1.82, 2.24) is 4.90 Å². The molecule has 0 aliphatic carbocycles. The molecule has 0 bridgehead atoms.